The standard InChI is InChI=1S/C18H10FNO3/c19-13-7-5-11(6-8-13)17-20-15(18(21)23-17)10-14-9-12-3-1-2-4-16(12)22-14/h1-10H/b15-10-. The molecule has 0 aliphatic carbocycles. The molecule has 5 heteroatoms. The third kappa shape index (κ3) is 2.53. The Morgan fingerprint density at radius 2 is 1.83 bits per heavy atom. The second-order valence-electron chi connectivity index (χ2n) is 5.03. The Labute approximate surface area is 130 Å². The highest BCUT2D eigenvalue weighted by Gasteiger charge is 2.24. The summed E-state index contributed by atoms with van der Waals surface area (Å²) in [5.74, 6) is -0.263. The SMILES string of the molecule is O=C1OC(c2ccc(F)cc2)=N/C1=C\c1cc2ccccc2o1. The normalized spacial score (nSPS) is 16.0. The van der Waals surface area contributed by atoms with E-state index in [-0.39, 0.29) is 17.4 Å². The van der Waals surface area contributed by atoms with Gasteiger partial charge < -0.3 is 9.15 Å². The minimum atomic E-state index is -0.565. The van der Waals surface area contributed by atoms with Crippen LogP contribution in [0.3, 0.4) is 0 Å². The molecule has 1 aromatic heterocycles. The van der Waals surface area contributed by atoms with Crippen LogP contribution in [0.25, 0.3) is 17.0 Å². The molecule has 0 bridgehead atoms. The summed E-state index contributed by atoms with van der Waals surface area (Å²) in [4.78, 5) is 16.1. The number of fused-ring (bicyclic) bond motifs is 1. The molecular formula is C18H10FNO3. The maximum absolute atomic E-state index is 12.9. The maximum Gasteiger partial charge on any atom is 0.363 e. The Balaban J connectivity index is 1.70. The molecule has 0 radical (unpaired) electrons. The van der Waals surface area contributed by atoms with Crippen molar-refractivity contribution in [2.24, 2.45) is 4.99 Å². The van der Waals surface area contributed by atoms with E-state index in [2.05, 4.69) is 4.99 Å². The Bertz CT molecular complexity index is 934. The van der Waals surface area contributed by atoms with Crippen molar-refractivity contribution in [2.45, 2.75) is 0 Å². The number of rotatable bonds is 2. The number of aliphatic imine (C=N–C) groups is 1. The van der Waals surface area contributed by atoms with E-state index in [1.165, 1.54) is 30.3 Å². The quantitative estimate of drug-likeness (QED) is 0.532. The molecule has 4 nitrogen and oxygen atoms in total. The van der Waals surface area contributed by atoms with Gasteiger partial charge in [0.05, 0.1) is 0 Å². The van der Waals surface area contributed by atoms with Gasteiger partial charge in [-0.15, -0.1) is 0 Å². The van der Waals surface area contributed by atoms with Crippen LogP contribution in [0, 0.1) is 5.82 Å². The average Bonchev–Trinajstić information content (AvgIpc) is 3.12. The molecule has 2 aromatic carbocycles. The highest BCUT2D eigenvalue weighted by atomic mass is 19.1. The van der Waals surface area contributed by atoms with Crippen molar-refractivity contribution in [3.63, 3.8) is 0 Å². The van der Waals surface area contributed by atoms with E-state index >= 15 is 0 Å². The number of para-hydroxylation sites is 1. The summed E-state index contributed by atoms with van der Waals surface area (Å²) in [5.41, 5.74) is 1.41. The van der Waals surface area contributed by atoms with Crippen molar-refractivity contribution in [3.05, 3.63) is 77.4 Å². The van der Waals surface area contributed by atoms with E-state index in [1.807, 2.05) is 30.3 Å². The number of nitrogens with zero attached hydrogens (tertiary/aromatic N) is 1. The molecule has 0 fully saturated rings. The molecular weight excluding hydrogens is 297 g/mol. The third-order valence-corrected chi connectivity index (χ3v) is 3.44. The fraction of sp³-hybridized carbons (Fsp3) is 0. The first-order valence-electron chi connectivity index (χ1n) is 6.96. The van der Waals surface area contributed by atoms with Crippen LogP contribution in [0.2, 0.25) is 0 Å². The third-order valence-electron chi connectivity index (χ3n) is 3.44. The van der Waals surface area contributed by atoms with Crippen LogP contribution in [0.5, 0.6) is 0 Å². The predicted octanol–water partition coefficient (Wildman–Crippen LogP) is 3.92. The van der Waals surface area contributed by atoms with Crippen LogP contribution in [0.1, 0.15) is 11.3 Å². The van der Waals surface area contributed by atoms with Gasteiger partial charge in [0.25, 0.3) is 0 Å². The van der Waals surface area contributed by atoms with Crippen LogP contribution in [-0.2, 0) is 9.53 Å². The number of esters is 1. The van der Waals surface area contributed by atoms with Crippen molar-refractivity contribution >= 4 is 28.9 Å². The zero-order valence-corrected chi connectivity index (χ0v) is 11.8. The molecule has 2 heterocycles. The van der Waals surface area contributed by atoms with E-state index in [0.29, 0.717) is 11.3 Å². The summed E-state index contributed by atoms with van der Waals surface area (Å²) < 4.78 is 23.7. The van der Waals surface area contributed by atoms with Gasteiger partial charge in [0.15, 0.2) is 5.70 Å². The monoisotopic (exact) mass is 307 g/mol. The number of ether oxygens (including phenoxy) is 1. The number of furan rings is 1. The van der Waals surface area contributed by atoms with Crippen LogP contribution in [0.15, 0.2) is 69.7 Å². The van der Waals surface area contributed by atoms with E-state index in [4.69, 9.17) is 9.15 Å². The summed E-state index contributed by atoms with van der Waals surface area (Å²) in [6, 6.07) is 14.9. The van der Waals surface area contributed by atoms with Crippen LogP contribution in [-0.4, -0.2) is 11.9 Å². The zero-order valence-electron chi connectivity index (χ0n) is 11.8. The molecule has 23 heavy (non-hydrogen) atoms. The predicted molar refractivity (Wildman–Crippen MR) is 83.2 cm³/mol. The minimum Gasteiger partial charge on any atom is -0.457 e. The van der Waals surface area contributed by atoms with Crippen LogP contribution < -0.4 is 0 Å². The number of halogens is 1. The lowest BCUT2D eigenvalue weighted by Crippen LogP contribution is -2.05. The fourth-order valence-electron chi connectivity index (χ4n) is 2.33. The average molecular weight is 307 g/mol. The van der Waals surface area contributed by atoms with Crippen LogP contribution >= 0.6 is 0 Å². The summed E-state index contributed by atoms with van der Waals surface area (Å²) in [6.45, 7) is 0. The molecule has 1 aliphatic heterocycles. The van der Waals surface area contributed by atoms with Gasteiger partial charge in [-0.25, -0.2) is 14.2 Å². The van der Waals surface area contributed by atoms with Gasteiger partial charge in [-0.05, 0) is 36.4 Å². The Morgan fingerprint density at radius 3 is 2.61 bits per heavy atom. The Hall–Kier alpha value is -3.21. The topological polar surface area (TPSA) is 51.8 Å². The van der Waals surface area contributed by atoms with Gasteiger partial charge in [0, 0.05) is 17.0 Å². The van der Waals surface area contributed by atoms with Gasteiger partial charge in [0.1, 0.15) is 17.2 Å². The number of hydrogen-bond acceptors (Lipinski definition) is 4. The molecule has 3 aromatic rings. The van der Waals surface area contributed by atoms with Crippen molar-refractivity contribution in [3.8, 4) is 0 Å². The van der Waals surface area contributed by atoms with Crippen molar-refractivity contribution in [2.75, 3.05) is 0 Å². The van der Waals surface area contributed by atoms with Gasteiger partial charge in [-0.1, -0.05) is 18.2 Å². The molecule has 1 aliphatic rings. The summed E-state index contributed by atoms with van der Waals surface area (Å²) >= 11 is 0. The van der Waals surface area contributed by atoms with Gasteiger partial charge in [0.2, 0.25) is 5.90 Å². The second kappa shape index (κ2) is 5.21. The highest BCUT2D eigenvalue weighted by molar-refractivity contribution is 6.12. The lowest BCUT2D eigenvalue weighted by atomic mass is 10.2. The highest BCUT2D eigenvalue weighted by Crippen LogP contribution is 2.24. The van der Waals surface area contributed by atoms with E-state index in [0.717, 1.165) is 11.0 Å². The van der Waals surface area contributed by atoms with E-state index in [9.17, 15) is 9.18 Å². The number of carbonyl (C=O) groups is 1. The first kappa shape index (κ1) is 13.5. The molecule has 0 atom stereocenters. The molecule has 112 valence electrons. The molecule has 0 spiro atoms. The summed E-state index contributed by atoms with van der Waals surface area (Å²) in [5, 5.41) is 0.938. The fourth-order valence-corrected chi connectivity index (χ4v) is 2.33. The lowest BCUT2D eigenvalue weighted by Gasteiger charge is -1.98. The van der Waals surface area contributed by atoms with E-state index in [1.54, 1.807) is 0 Å². The smallest absolute Gasteiger partial charge is 0.363 e. The van der Waals surface area contributed by atoms with Gasteiger partial charge >= 0.3 is 5.97 Å². The molecule has 0 saturated carbocycles. The molecule has 0 amide bonds. The van der Waals surface area contributed by atoms with Crippen molar-refractivity contribution < 1.29 is 18.3 Å². The van der Waals surface area contributed by atoms with Gasteiger partial charge in [-0.3, -0.25) is 0 Å². The first-order chi connectivity index (χ1) is 11.2. The summed E-state index contributed by atoms with van der Waals surface area (Å²) in [6.07, 6.45) is 1.53. The zero-order chi connectivity index (χ0) is 15.8. The summed E-state index contributed by atoms with van der Waals surface area (Å²) in [7, 11) is 0. The van der Waals surface area contributed by atoms with Crippen LogP contribution in [0.4, 0.5) is 4.39 Å². The second-order valence-corrected chi connectivity index (χ2v) is 5.03. The Morgan fingerprint density at radius 1 is 1.04 bits per heavy atom. The lowest BCUT2D eigenvalue weighted by molar-refractivity contribution is -0.129. The first-order valence-corrected chi connectivity index (χ1v) is 6.96. The maximum atomic E-state index is 12.9. The largest absolute Gasteiger partial charge is 0.457 e. The number of benzene rings is 2. The number of cyclic esters (lactones) is 1. The number of carbonyl (C=O) groups excluding carboxylic acids is 1. The van der Waals surface area contributed by atoms with Crippen molar-refractivity contribution in [1.29, 1.82) is 0 Å². The number of hydrogen-bond donors (Lipinski definition) is 0. The van der Waals surface area contributed by atoms with Gasteiger partial charge in [-0.2, -0.15) is 0 Å². The van der Waals surface area contributed by atoms with E-state index < -0.39 is 5.97 Å². The molecule has 0 unspecified atom stereocenters. The minimum absolute atomic E-state index is 0.142. The molecule has 0 N–H and O–H groups in total. The van der Waals surface area contributed by atoms with Crippen molar-refractivity contribution in [1.82, 2.24) is 0 Å². The molecule has 0 saturated heterocycles. The Kier molecular flexibility index (Phi) is 3.05. The molecule has 4 rings (SSSR count).